The van der Waals surface area contributed by atoms with E-state index < -0.39 is 18.2 Å². The van der Waals surface area contributed by atoms with Crippen molar-refractivity contribution in [3.8, 4) is 11.5 Å². The monoisotopic (exact) mass is 347 g/mol. The van der Waals surface area contributed by atoms with E-state index in [0.29, 0.717) is 44.0 Å². The van der Waals surface area contributed by atoms with Crippen molar-refractivity contribution >= 4 is 0 Å². The molecule has 136 valence electrons. The normalized spacial score (nSPS) is 18.5. The number of methoxy groups -OCH3 is 2. The SMILES string of the molecule is COc1cc(C)c(CN2CCC([C@H](O)C(F)(F)F)CC2)cc1OC. The third-order valence-electron chi connectivity index (χ3n) is 4.65. The fraction of sp³-hybridized carbons (Fsp3) is 0.647. The Labute approximate surface area is 140 Å². The van der Waals surface area contributed by atoms with E-state index in [9.17, 15) is 18.3 Å². The molecule has 1 aliphatic rings. The van der Waals surface area contributed by atoms with Gasteiger partial charge in [0.1, 0.15) is 0 Å². The second-order valence-corrected chi connectivity index (χ2v) is 6.23. The number of alkyl halides is 3. The second kappa shape index (κ2) is 7.61. The highest BCUT2D eigenvalue weighted by Gasteiger charge is 2.44. The van der Waals surface area contributed by atoms with Gasteiger partial charge in [0.15, 0.2) is 17.6 Å². The molecule has 1 atom stereocenters. The quantitative estimate of drug-likeness (QED) is 0.889. The zero-order valence-corrected chi connectivity index (χ0v) is 14.2. The highest BCUT2D eigenvalue weighted by Crippen LogP contribution is 2.34. The van der Waals surface area contributed by atoms with Crippen LogP contribution in [0.1, 0.15) is 24.0 Å². The maximum atomic E-state index is 12.6. The molecule has 1 saturated heterocycles. The highest BCUT2D eigenvalue weighted by atomic mass is 19.4. The summed E-state index contributed by atoms with van der Waals surface area (Å²) in [6.45, 7) is 3.68. The van der Waals surface area contributed by atoms with E-state index in [1.54, 1.807) is 14.2 Å². The van der Waals surface area contributed by atoms with Crippen LogP contribution >= 0.6 is 0 Å². The maximum Gasteiger partial charge on any atom is 0.414 e. The number of aliphatic hydroxyl groups excluding tert-OH is 1. The zero-order valence-electron chi connectivity index (χ0n) is 14.2. The number of hydrogen-bond acceptors (Lipinski definition) is 4. The van der Waals surface area contributed by atoms with Gasteiger partial charge < -0.3 is 14.6 Å². The third-order valence-corrected chi connectivity index (χ3v) is 4.65. The van der Waals surface area contributed by atoms with Gasteiger partial charge in [-0.05, 0) is 62.0 Å². The van der Waals surface area contributed by atoms with Gasteiger partial charge >= 0.3 is 6.18 Å². The van der Waals surface area contributed by atoms with Gasteiger partial charge in [0.2, 0.25) is 0 Å². The molecule has 0 saturated carbocycles. The molecule has 4 nitrogen and oxygen atoms in total. The molecule has 0 bridgehead atoms. The predicted molar refractivity (Wildman–Crippen MR) is 84.3 cm³/mol. The number of aryl methyl sites for hydroxylation is 1. The van der Waals surface area contributed by atoms with Crippen LogP contribution in [0.2, 0.25) is 0 Å². The molecule has 1 fully saturated rings. The Balaban J connectivity index is 1.99. The van der Waals surface area contributed by atoms with Crippen LogP contribution in [0.3, 0.4) is 0 Å². The summed E-state index contributed by atoms with van der Waals surface area (Å²) in [4.78, 5) is 2.11. The first-order chi connectivity index (χ1) is 11.3. The first kappa shape index (κ1) is 18.9. The van der Waals surface area contributed by atoms with Gasteiger partial charge in [-0.25, -0.2) is 0 Å². The lowest BCUT2D eigenvalue weighted by Gasteiger charge is -2.35. The van der Waals surface area contributed by atoms with Crippen LogP contribution in [0, 0.1) is 12.8 Å². The van der Waals surface area contributed by atoms with Gasteiger partial charge in [0.05, 0.1) is 14.2 Å². The van der Waals surface area contributed by atoms with Crippen LogP contribution in [0.4, 0.5) is 13.2 Å². The summed E-state index contributed by atoms with van der Waals surface area (Å²) < 4.78 is 48.4. The summed E-state index contributed by atoms with van der Waals surface area (Å²) in [5.74, 6) is 0.582. The number of aliphatic hydroxyl groups is 1. The fourth-order valence-electron chi connectivity index (χ4n) is 3.13. The van der Waals surface area contributed by atoms with Crippen molar-refractivity contribution in [3.05, 3.63) is 23.3 Å². The highest BCUT2D eigenvalue weighted by molar-refractivity contribution is 5.47. The lowest BCUT2D eigenvalue weighted by Crippen LogP contribution is -2.43. The summed E-state index contributed by atoms with van der Waals surface area (Å²) in [7, 11) is 3.15. The van der Waals surface area contributed by atoms with Gasteiger partial charge in [0, 0.05) is 6.54 Å². The zero-order chi connectivity index (χ0) is 17.9. The van der Waals surface area contributed by atoms with Crippen LogP contribution in [0.25, 0.3) is 0 Å². The molecule has 0 radical (unpaired) electrons. The predicted octanol–water partition coefficient (Wildman–Crippen LogP) is 3.15. The van der Waals surface area contributed by atoms with Gasteiger partial charge in [-0.1, -0.05) is 0 Å². The summed E-state index contributed by atoms with van der Waals surface area (Å²) >= 11 is 0. The van der Waals surface area contributed by atoms with Crippen molar-refractivity contribution in [2.45, 2.75) is 38.6 Å². The molecular weight excluding hydrogens is 323 g/mol. The maximum absolute atomic E-state index is 12.6. The van der Waals surface area contributed by atoms with E-state index in [1.165, 1.54) is 0 Å². The molecule has 0 unspecified atom stereocenters. The Morgan fingerprint density at radius 1 is 1.17 bits per heavy atom. The Hall–Kier alpha value is -1.47. The molecule has 2 rings (SSSR count). The van der Waals surface area contributed by atoms with Gasteiger partial charge in [-0.15, -0.1) is 0 Å². The Kier molecular flexibility index (Phi) is 5.98. The largest absolute Gasteiger partial charge is 0.493 e. The molecule has 0 aromatic heterocycles. The minimum Gasteiger partial charge on any atom is -0.493 e. The number of piperidine rings is 1. The molecule has 1 N–H and O–H groups in total. The summed E-state index contributed by atoms with van der Waals surface area (Å²) in [6, 6.07) is 3.80. The summed E-state index contributed by atoms with van der Waals surface area (Å²) in [5, 5.41) is 9.38. The number of rotatable bonds is 5. The molecule has 7 heteroatoms. The van der Waals surface area contributed by atoms with E-state index in [1.807, 2.05) is 19.1 Å². The molecule has 0 amide bonds. The van der Waals surface area contributed by atoms with E-state index in [0.717, 1.165) is 11.1 Å². The van der Waals surface area contributed by atoms with Crippen molar-refractivity contribution in [3.63, 3.8) is 0 Å². The molecule has 24 heavy (non-hydrogen) atoms. The Bertz CT molecular complexity index is 555. The molecule has 0 aliphatic carbocycles. The minimum absolute atomic E-state index is 0.340. The molecule has 1 aromatic carbocycles. The average Bonchev–Trinajstić information content (AvgIpc) is 2.55. The standard InChI is InChI=1S/C17H24F3NO3/c1-11-8-14(23-2)15(24-3)9-13(11)10-21-6-4-12(5-7-21)16(22)17(18,19)20/h8-9,12,16,22H,4-7,10H2,1-3H3/t16-/m0/s1. The minimum atomic E-state index is -4.53. The van der Waals surface area contributed by atoms with Gasteiger partial charge in [0.25, 0.3) is 0 Å². The molecule has 1 aromatic rings. The van der Waals surface area contributed by atoms with E-state index in [-0.39, 0.29) is 0 Å². The molecular formula is C17H24F3NO3. The second-order valence-electron chi connectivity index (χ2n) is 6.23. The first-order valence-corrected chi connectivity index (χ1v) is 7.95. The number of likely N-dealkylation sites (tertiary alicyclic amines) is 1. The smallest absolute Gasteiger partial charge is 0.414 e. The van der Waals surface area contributed by atoms with E-state index in [4.69, 9.17) is 9.47 Å². The lowest BCUT2D eigenvalue weighted by atomic mass is 9.90. The van der Waals surface area contributed by atoms with Gasteiger partial charge in [-0.3, -0.25) is 4.90 Å². The average molecular weight is 347 g/mol. The number of ether oxygens (including phenoxy) is 2. The number of hydrogen-bond donors (Lipinski definition) is 1. The molecule has 0 spiro atoms. The molecule has 1 aliphatic heterocycles. The van der Waals surface area contributed by atoms with Crippen molar-refractivity contribution in [1.82, 2.24) is 4.90 Å². The molecule has 1 heterocycles. The van der Waals surface area contributed by atoms with Crippen molar-refractivity contribution < 1.29 is 27.8 Å². The summed E-state index contributed by atoms with van der Waals surface area (Å²) in [6.07, 6.45) is -6.07. The topological polar surface area (TPSA) is 41.9 Å². The van der Waals surface area contributed by atoms with Crippen LogP contribution in [0.5, 0.6) is 11.5 Å². The third kappa shape index (κ3) is 4.33. The Morgan fingerprint density at radius 2 is 1.71 bits per heavy atom. The van der Waals surface area contributed by atoms with E-state index in [2.05, 4.69) is 4.90 Å². The van der Waals surface area contributed by atoms with Crippen LogP contribution in [-0.2, 0) is 6.54 Å². The van der Waals surface area contributed by atoms with Gasteiger partial charge in [-0.2, -0.15) is 13.2 Å². The summed E-state index contributed by atoms with van der Waals surface area (Å²) in [5.41, 5.74) is 2.10. The van der Waals surface area contributed by atoms with Crippen molar-refractivity contribution in [2.75, 3.05) is 27.3 Å². The lowest BCUT2D eigenvalue weighted by molar-refractivity contribution is -0.223. The van der Waals surface area contributed by atoms with Crippen molar-refractivity contribution in [1.29, 1.82) is 0 Å². The fourth-order valence-corrected chi connectivity index (χ4v) is 3.13. The van der Waals surface area contributed by atoms with Crippen LogP contribution in [-0.4, -0.2) is 49.6 Å². The van der Waals surface area contributed by atoms with E-state index >= 15 is 0 Å². The van der Waals surface area contributed by atoms with Crippen LogP contribution in [0.15, 0.2) is 12.1 Å². The number of benzene rings is 1. The number of halogens is 3. The first-order valence-electron chi connectivity index (χ1n) is 7.95. The van der Waals surface area contributed by atoms with Crippen molar-refractivity contribution in [2.24, 2.45) is 5.92 Å². The number of nitrogens with zero attached hydrogens (tertiary/aromatic N) is 1. The Morgan fingerprint density at radius 3 is 2.21 bits per heavy atom. The van der Waals surface area contributed by atoms with Crippen LogP contribution < -0.4 is 9.47 Å².